The maximum Gasteiger partial charge on any atom is 0.283 e. The molecule has 2 aromatic rings. The second-order valence-corrected chi connectivity index (χ2v) is 7.67. The summed E-state index contributed by atoms with van der Waals surface area (Å²) in [4.78, 5) is 28.9. The number of anilines is 1. The summed E-state index contributed by atoms with van der Waals surface area (Å²) in [5, 5.41) is 17.5. The molecule has 0 atom stereocenters. The van der Waals surface area contributed by atoms with Crippen molar-refractivity contribution in [2.24, 2.45) is 0 Å². The molecule has 1 saturated heterocycles. The number of nitro groups is 1. The van der Waals surface area contributed by atoms with Crippen LogP contribution in [0.3, 0.4) is 0 Å². The van der Waals surface area contributed by atoms with E-state index in [9.17, 15) is 14.9 Å². The van der Waals surface area contributed by atoms with Crippen molar-refractivity contribution in [1.29, 1.82) is 0 Å². The molecule has 1 aliphatic heterocycles. The first-order valence-electron chi connectivity index (χ1n) is 7.27. The zero-order chi connectivity index (χ0) is 16.4. The predicted molar refractivity (Wildman–Crippen MR) is 90.6 cm³/mol. The van der Waals surface area contributed by atoms with Gasteiger partial charge in [-0.05, 0) is 38.8 Å². The summed E-state index contributed by atoms with van der Waals surface area (Å²) < 4.78 is 0. The Kier molecular flexibility index (Phi) is 4.69. The second-order valence-electron chi connectivity index (χ2n) is 5.36. The van der Waals surface area contributed by atoms with Crippen molar-refractivity contribution in [2.45, 2.75) is 25.7 Å². The molecular formula is C14H16N4O3S2. The Morgan fingerprint density at radius 3 is 2.83 bits per heavy atom. The molecule has 0 unspecified atom stereocenters. The van der Waals surface area contributed by atoms with E-state index in [1.807, 2.05) is 6.20 Å². The zero-order valence-electron chi connectivity index (χ0n) is 12.5. The lowest BCUT2D eigenvalue weighted by atomic mass is 9.97. The average molecular weight is 352 g/mol. The lowest BCUT2D eigenvalue weighted by Crippen LogP contribution is -2.26. The molecule has 7 nitrogen and oxygen atoms in total. The summed E-state index contributed by atoms with van der Waals surface area (Å²) in [5.41, 5.74) is -0.0188. The fourth-order valence-electron chi connectivity index (χ4n) is 2.56. The number of hydrogen-bond donors (Lipinski definition) is 2. The van der Waals surface area contributed by atoms with E-state index in [4.69, 9.17) is 0 Å². The molecule has 0 aromatic carbocycles. The van der Waals surface area contributed by atoms with Crippen LogP contribution < -0.4 is 10.6 Å². The van der Waals surface area contributed by atoms with Gasteiger partial charge >= 0.3 is 0 Å². The van der Waals surface area contributed by atoms with Gasteiger partial charge in [-0.3, -0.25) is 20.2 Å². The van der Waals surface area contributed by atoms with Gasteiger partial charge in [0.05, 0.1) is 14.7 Å². The molecule has 1 aliphatic rings. The largest absolute Gasteiger partial charge is 0.317 e. The zero-order valence-corrected chi connectivity index (χ0v) is 14.1. The van der Waals surface area contributed by atoms with Crippen LogP contribution in [0.5, 0.6) is 0 Å². The number of aryl methyl sites for hydroxylation is 1. The van der Waals surface area contributed by atoms with Crippen molar-refractivity contribution in [3.05, 3.63) is 37.0 Å². The van der Waals surface area contributed by atoms with Crippen LogP contribution in [0.4, 0.5) is 10.8 Å². The van der Waals surface area contributed by atoms with Crippen molar-refractivity contribution in [3.63, 3.8) is 0 Å². The molecule has 3 heterocycles. The van der Waals surface area contributed by atoms with Gasteiger partial charge in [0.15, 0.2) is 5.13 Å². The monoisotopic (exact) mass is 352 g/mol. The van der Waals surface area contributed by atoms with Gasteiger partial charge in [-0.1, -0.05) is 0 Å². The van der Waals surface area contributed by atoms with Crippen LogP contribution in [-0.2, 0) is 0 Å². The molecule has 1 amide bonds. The molecule has 0 bridgehead atoms. The molecule has 2 aromatic heterocycles. The van der Waals surface area contributed by atoms with Gasteiger partial charge in [0, 0.05) is 17.1 Å². The van der Waals surface area contributed by atoms with Crippen LogP contribution >= 0.6 is 22.7 Å². The number of carbonyl (C=O) groups excluding carboxylic acids is 1. The first-order chi connectivity index (χ1) is 11.0. The normalized spacial score (nSPS) is 15.5. The predicted octanol–water partition coefficient (Wildman–Crippen LogP) is 3.14. The Labute approximate surface area is 140 Å². The summed E-state index contributed by atoms with van der Waals surface area (Å²) in [5.74, 6) is 0.141. The van der Waals surface area contributed by atoms with Crippen molar-refractivity contribution in [2.75, 3.05) is 18.4 Å². The Balaban J connectivity index is 1.69. The average Bonchev–Trinajstić information content (AvgIpc) is 3.15. The fourth-order valence-corrected chi connectivity index (χ4v) is 4.43. The number of amides is 1. The van der Waals surface area contributed by atoms with Gasteiger partial charge in [-0.15, -0.1) is 22.7 Å². The Bertz CT molecular complexity index is 734. The van der Waals surface area contributed by atoms with Gasteiger partial charge in [0.1, 0.15) is 0 Å². The van der Waals surface area contributed by atoms with E-state index >= 15 is 0 Å². The molecule has 9 heteroatoms. The third-order valence-corrected chi connectivity index (χ3v) is 5.91. The number of nitrogens with zero attached hydrogens (tertiary/aromatic N) is 2. The quantitative estimate of drug-likeness (QED) is 0.651. The molecule has 122 valence electrons. The molecular weight excluding hydrogens is 336 g/mol. The minimum Gasteiger partial charge on any atom is -0.317 e. The molecule has 1 fully saturated rings. The number of thiazole rings is 1. The lowest BCUT2D eigenvalue weighted by Gasteiger charge is -2.20. The third-order valence-electron chi connectivity index (χ3n) is 3.80. The number of aromatic nitrogens is 1. The standard InChI is InChI=1S/C14H16N4O3S2/c1-8-10(18(20)21)6-11(22-8)13(19)17-14-16-7-12(23-14)9-2-4-15-5-3-9/h6-7,9,15H,2-5H2,1H3,(H,16,17,19). The molecule has 3 rings (SSSR count). The van der Waals surface area contributed by atoms with E-state index < -0.39 is 4.92 Å². The van der Waals surface area contributed by atoms with Crippen molar-refractivity contribution >= 4 is 39.4 Å². The number of rotatable bonds is 4. The van der Waals surface area contributed by atoms with Gasteiger partial charge in [-0.2, -0.15) is 0 Å². The first kappa shape index (κ1) is 16.0. The molecule has 0 saturated carbocycles. The number of thiophene rings is 1. The molecule has 0 radical (unpaired) electrons. The van der Waals surface area contributed by atoms with Crippen LogP contribution in [0, 0.1) is 17.0 Å². The summed E-state index contributed by atoms with van der Waals surface area (Å²) >= 11 is 2.60. The smallest absolute Gasteiger partial charge is 0.283 e. The van der Waals surface area contributed by atoms with E-state index in [0.29, 0.717) is 20.8 Å². The highest BCUT2D eigenvalue weighted by Gasteiger charge is 2.21. The topological polar surface area (TPSA) is 97.2 Å². The van der Waals surface area contributed by atoms with Gasteiger partial charge < -0.3 is 5.32 Å². The van der Waals surface area contributed by atoms with E-state index in [2.05, 4.69) is 15.6 Å². The summed E-state index contributed by atoms with van der Waals surface area (Å²) in [6.45, 7) is 3.64. The van der Waals surface area contributed by atoms with Gasteiger partial charge in [0.2, 0.25) is 0 Å². The van der Waals surface area contributed by atoms with Crippen LogP contribution in [0.25, 0.3) is 0 Å². The molecule has 0 aliphatic carbocycles. The van der Waals surface area contributed by atoms with E-state index in [1.54, 1.807) is 6.92 Å². The number of piperidine rings is 1. The highest BCUT2D eigenvalue weighted by atomic mass is 32.1. The first-order valence-corrected chi connectivity index (χ1v) is 8.90. The number of nitrogens with one attached hydrogen (secondary N) is 2. The number of carbonyl (C=O) groups is 1. The highest BCUT2D eigenvalue weighted by molar-refractivity contribution is 7.16. The minimum atomic E-state index is -0.471. The van der Waals surface area contributed by atoms with Gasteiger partial charge in [0.25, 0.3) is 11.6 Å². The maximum atomic E-state index is 12.2. The van der Waals surface area contributed by atoms with E-state index in [1.165, 1.54) is 22.3 Å². The minimum absolute atomic E-state index is 0.0188. The summed E-state index contributed by atoms with van der Waals surface area (Å²) in [6, 6.07) is 1.32. The summed E-state index contributed by atoms with van der Waals surface area (Å²) in [6.07, 6.45) is 3.97. The fraction of sp³-hybridized carbons (Fsp3) is 0.429. The Morgan fingerprint density at radius 2 is 2.17 bits per heavy atom. The van der Waals surface area contributed by atoms with Crippen molar-refractivity contribution in [3.8, 4) is 0 Å². The van der Waals surface area contributed by atoms with Crippen LogP contribution in [0.1, 0.15) is 38.2 Å². The van der Waals surface area contributed by atoms with E-state index in [0.717, 1.165) is 37.3 Å². The van der Waals surface area contributed by atoms with E-state index in [-0.39, 0.29) is 11.6 Å². The third kappa shape index (κ3) is 3.57. The van der Waals surface area contributed by atoms with Crippen LogP contribution in [0.15, 0.2) is 12.3 Å². The van der Waals surface area contributed by atoms with Gasteiger partial charge in [-0.25, -0.2) is 4.98 Å². The lowest BCUT2D eigenvalue weighted by molar-refractivity contribution is -0.385. The number of hydrogen-bond acceptors (Lipinski definition) is 7. The Hall–Kier alpha value is -1.84. The highest BCUT2D eigenvalue weighted by Crippen LogP contribution is 2.33. The van der Waals surface area contributed by atoms with Crippen molar-refractivity contribution < 1.29 is 9.72 Å². The maximum absolute atomic E-state index is 12.2. The Morgan fingerprint density at radius 1 is 1.43 bits per heavy atom. The summed E-state index contributed by atoms with van der Waals surface area (Å²) in [7, 11) is 0. The van der Waals surface area contributed by atoms with Crippen LogP contribution in [-0.4, -0.2) is 28.9 Å². The van der Waals surface area contributed by atoms with Crippen LogP contribution in [0.2, 0.25) is 0 Å². The molecule has 23 heavy (non-hydrogen) atoms. The molecule has 0 spiro atoms. The van der Waals surface area contributed by atoms with Crippen molar-refractivity contribution in [1.82, 2.24) is 10.3 Å². The SMILES string of the molecule is Cc1sc(C(=O)Nc2ncc(C3CCNCC3)s2)cc1[N+](=O)[O-]. The molecule has 2 N–H and O–H groups in total. The second kappa shape index (κ2) is 6.73.